The molecule has 0 aliphatic rings. The number of carbonyl (C=O) groups is 1. The smallest absolute Gasteiger partial charge is 0.328 e. The third-order valence-electron chi connectivity index (χ3n) is 2.38. The van der Waals surface area contributed by atoms with Crippen molar-refractivity contribution in [3.8, 4) is 0 Å². The normalized spacial score (nSPS) is 12.4. The van der Waals surface area contributed by atoms with Crippen LogP contribution >= 0.6 is 23.1 Å². The summed E-state index contributed by atoms with van der Waals surface area (Å²) in [7, 11) is 0. The predicted molar refractivity (Wildman–Crippen MR) is 80.9 cm³/mol. The van der Waals surface area contributed by atoms with Crippen LogP contribution in [0.3, 0.4) is 0 Å². The third-order valence-corrected chi connectivity index (χ3v) is 4.48. The molecule has 0 spiro atoms. The second-order valence-corrected chi connectivity index (χ2v) is 6.18. The SMILES string of the molecule is CC(/C=C/C(=O)O)=C\CSc1nc2ccccc2s1. The van der Waals surface area contributed by atoms with Crippen LogP contribution in [0.15, 0.2) is 52.4 Å². The van der Waals surface area contributed by atoms with Gasteiger partial charge in [0.05, 0.1) is 10.2 Å². The van der Waals surface area contributed by atoms with Gasteiger partial charge in [-0.25, -0.2) is 9.78 Å². The zero-order valence-corrected chi connectivity index (χ0v) is 12.0. The van der Waals surface area contributed by atoms with Crippen molar-refractivity contribution < 1.29 is 9.90 Å². The van der Waals surface area contributed by atoms with E-state index in [9.17, 15) is 4.79 Å². The molecule has 1 aromatic heterocycles. The van der Waals surface area contributed by atoms with Crippen molar-refractivity contribution in [2.75, 3.05) is 5.75 Å². The van der Waals surface area contributed by atoms with Crippen molar-refractivity contribution in [1.82, 2.24) is 4.98 Å². The molecule has 0 saturated heterocycles. The van der Waals surface area contributed by atoms with Crippen molar-refractivity contribution in [1.29, 1.82) is 0 Å². The zero-order valence-electron chi connectivity index (χ0n) is 10.4. The molecule has 5 heteroatoms. The first-order valence-corrected chi connectivity index (χ1v) is 7.51. The first kappa shape index (κ1) is 13.8. The molecule has 0 radical (unpaired) electrons. The van der Waals surface area contributed by atoms with E-state index in [4.69, 9.17) is 5.11 Å². The van der Waals surface area contributed by atoms with Gasteiger partial charge in [0.25, 0.3) is 0 Å². The summed E-state index contributed by atoms with van der Waals surface area (Å²) < 4.78 is 2.23. The standard InChI is InChI=1S/C14H13NO2S2/c1-10(6-7-13(16)17)8-9-18-14-15-11-4-2-3-5-12(11)19-14/h2-8H,9H2,1H3,(H,16,17)/b7-6+,10-8+. The summed E-state index contributed by atoms with van der Waals surface area (Å²) in [6, 6.07) is 8.06. The Morgan fingerprint density at radius 3 is 2.95 bits per heavy atom. The van der Waals surface area contributed by atoms with Gasteiger partial charge in [-0.1, -0.05) is 41.6 Å². The van der Waals surface area contributed by atoms with Crippen LogP contribution in [0.4, 0.5) is 0 Å². The van der Waals surface area contributed by atoms with Crippen LogP contribution in [0.25, 0.3) is 10.2 Å². The van der Waals surface area contributed by atoms with Gasteiger partial charge < -0.3 is 5.11 Å². The van der Waals surface area contributed by atoms with Crippen molar-refractivity contribution >= 4 is 39.3 Å². The molecule has 98 valence electrons. The van der Waals surface area contributed by atoms with E-state index in [2.05, 4.69) is 11.1 Å². The summed E-state index contributed by atoms with van der Waals surface area (Å²) in [5.74, 6) is -0.137. The van der Waals surface area contributed by atoms with Crippen LogP contribution in [-0.4, -0.2) is 21.8 Å². The topological polar surface area (TPSA) is 50.2 Å². The average Bonchev–Trinajstić information content (AvgIpc) is 2.79. The Balaban J connectivity index is 1.95. The van der Waals surface area contributed by atoms with Gasteiger partial charge in [-0.3, -0.25) is 0 Å². The fourth-order valence-electron chi connectivity index (χ4n) is 1.43. The molecule has 0 saturated carbocycles. The summed E-state index contributed by atoms with van der Waals surface area (Å²) >= 11 is 3.34. The number of hydrogen-bond acceptors (Lipinski definition) is 4. The van der Waals surface area contributed by atoms with Gasteiger partial charge in [0.2, 0.25) is 0 Å². The lowest BCUT2D eigenvalue weighted by Gasteiger charge is -1.92. The van der Waals surface area contributed by atoms with Crippen LogP contribution in [0, 0.1) is 0 Å². The van der Waals surface area contributed by atoms with Crippen molar-refractivity contribution in [2.24, 2.45) is 0 Å². The molecule has 0 unspecified atom stereocenters. The molecule has 0 bridgehead atoms. The average molecular weight is 291 g/mol. The highest BCUT2D eigenvalue weighted by Crippen LogP contribution is 2.29. The lowest BCUT2D eigenvalue weighted by molar-refractivity contribution is -0.131. The van der Waals surface area contributed by atoms with E-state index in [0.29, 0.717) is 0 Å². The van der Waals surface area contributed by atoms with Gasteiger partial charge in [0, 0.05) is 11.8 Å². The molecule has 2 aromatic rings. The van der Waals surface area contributed by atoms with Gasteiger partial charge >= 0.3 is 5.97 Å². The number of para-hydroxylation sites is 1. The van der Waals surface area contributed by atoms with Gasteiger partial charge in [0.15, 0.2) is 4.34 Å². The number of rotatable bonds is 5. The third kappa shape index (κ3) is 4.22. The number of fused-ring (bicyclic) bond motifs is 1. The molecule has 2 rings (SSSR count). The van der Waals surface area contributed by atoms with Gasteiger partial charge in [0.1, 0.15) is 0 Å². The minimum atomic E-state index is -0.924. The maximum Gasteiger partial charge on any atom is 0.328 e. The lowest BCUT2D eigenvalue weighted by Crippen LogP contribution is -1.86. The van der Waals surface area contributed by atoms with Crippen LogP contribution < -0.4 is 0 Å². The largest absolute Gasteiger partial charge is 0.478 e. The number of benzene rings is 1. The lowest BCUT2D eigenvalue weighted by atomic mass is 10.3. The number of nitrogens with zero attached hydrogens (tertiary/aromatic N) is 1. The van der Waals surface area contributed by atoms with E-state index in [1.54, 1.807) is 29.2 Å². The number of aromatic nitrogens is 1. The number of carboxylic acids is 1. The van der Waals surface area contributed by atoms with E-state index in [0.717, 1.165) is 27.3 Å². The molecule has 0 aliphatic heterocycles. The number of allylic oxidation sites excluding steroid dienone is 2. The quantitative estimate of drug-likeness (QED) is 0.514. The zero-order chi connectivity index (χ0) is 13.7. The highest BCUT2D eigenvalue weighted by molar-refractivity contribution is 8.01. The van der Waals surface area contributed by atoms with Crippen molar-refractivity contribution in [3.05, 3.63) is 48.1 Å². The molecular weight excluding hydrogens is 278 g/mol. The Hall–Kier alpha value is -1.59. The Labute approximate surface area is 119 Å². The van der Waals surface area contributed by atoms with E-state index >= 15 is 0 Å². The first-order valence-electron chi connectivity index (χ1n) is 5.71. The molecule has 3 nitrogen and oxygen atoms in total. The monoisotopic (exact) mass is 291 g/mol. The number of thiazole rings is 1. The number of thioether (sulfide) groups is 1. The molecule has 0 atom stereocenters. The van der Waals surface area contributed by atoms with Gasteiger partial charge in [-0.05, 0) is 19.1 Å². The van der Waals surface area contributed by atoms with Crippen LogP contribution in [-0.2, 0) is 4.79 Å². The second-order valence-electron chi connectivity index (χ2n) is 3.88. The number of hydrogen-bond donors (Lipinski definition) is 1. The minimum absolute atomic E-state index is 0.787. The maximum absolute atomic E-state index is 10.4. The fraction of sp³-hybridized carbons (Fsp3) is 0.143. The van der Waals surface area contributed by atoms with Crippen molar-refractivity contribution in [3.63, 3.8) is 0 Å². The number of aliphatic carboxylic acids is 1. The van der Waals surface area contributed by atoms with E-state index in [-0.39, 0.29) is 0 Å². The summed E-state index contributed by atoms with van der Waals surface area (Å²) in [4.78, 5) is 14.9. The first-order chi connectivity index (χ1) is 9.15. The molecule has 19 heavy (non-hydrogen) atoms. The summed E-state index contributed by atoms with van der Waals surface area (Å²) in [5, 5.41) is 8.52. The Bertz CT molecular complexity index is 611. The minimum Gasteiger partial charge on any atom is -0.478 e. The molecule has 1 aromatic carbocycles. The van der Waals surface area contributed by atoms with Crippen LogP contribution in [0.1, 0.15) is 6.92 Å². The highest BCUT2D eigenvalue weighted by atomic mass is 32.2. The Kier molecular flexibility index (Phi) is 4.76. The molecule has 1 heterocycles. The van der Waals surface area contributed by atoms with Gasteiger partial charge in [-0.2, -0.15) is 0 Å². The van der Waals surface area contributed by atoms with Crippen LogP contribution in [0.5, 0.6) is 0 Å². The summed E-state index contributed by atoms with van der Waals surface area (Å²) in [6.07, 6.45) is 4.74. The highest BCUT2D eigenvalue weighted by Gasteiger charge is 2.02. The fourth-order valence-corrected chi connectivity index (χ4v) is 3.49. The predicted octanol–water partition coefficient (Wildman–Crippen LogP) is 3.98. The van der Waals surface area contributed by atoms with E-state index < -0.39 is 5.97 Å². The Morgan fingerprint density at radius 2 is 2.21 bits per heavy atom. The molecule has 1 N–H and O–H groups in total. The molecule has 0 amide bonds. The van der Waals surface area contributed by atoms with Crippen molar-refractivity contribution in [2.45, 2.75) is 11.3 Å². The number of carboxylic acid groups (broad SMARTS) is 1. The maximum atomic E-state index is 10.4. The van der Waals surface area contributed by atoms with Gasteiger partial charge in [-0.15, -0.1) is 11.3 Å². The summed E-state index contributed by atoms with van der Waals surface area (Å²) in [5.41, 5.74) is 1.97. The van der Waals surface area contributed by atoms with Crippen LogP contribution in [0.2, 0.25) is 0 Å². The van der Waals surface area contributed by atoms with E-state index in [1.807, 2.05) is 31.2 Å². The molecule has 0 aliphatic carbocycles. The summed E-state index contributed by atoms with van der Waals surface area (Å²) in [6.45, 7) is 1.89. The second kappa shape index (κ2) is 6.54. The molecular formula is C14H13NO2S2. The Morgan fingerprint density at radius 1 is 1.42 bits per heavy atom. The molecule has 0 fully saturated rings. The van der Waals surface area contributed by atoms with E-state index in [1.165, 1.54) is 4.70 Å².